The molecular weight excluding hydrogens is 404 g/mol. The van der Waals surface area contributed by atoms with Gasteiger partial charge in [0.1, 0.15) is 6.04 Å². The smallest absolute Gasteiger partial charge is 0.242 e. The van der Waals surface area contributed by atoms with E-state index >= 15 is 0 Å². The Morgan fingerprint density at radius 3 is 2.74 bits per heavy atom. The van der Waals surface area contributed by atoms with Crippen LogP contribution in [-0.2, 0) is 11.3 Å². The molecule has 0 spiro atoms. The van der Waals surface area contributed by atoms with Crippen molar-refractivity contribution in [2.24, 2.45) is 5.92 Å². The number of nitrogens with zero attached hydrogens (tertiary/aromatic N) is 1. The van der Waals surface area contributed by atoms with Crippen LogP contribution in [0.4, 0.5) is 0 Å². The topological polar surface area (TPSA) is 66.0 Å². The highest BCUT2D eigenvalue weighted by Crippen LogP contribution is 2.20. The third-order valence-corrected chi connectivity index (χ3v) is 5.51. The van der Waals surface area contributed by atoms with Crippen LogP contribution in [-0.4, -0.2) is 30.5 Å². The van der Waals surface area contributed by atoms with E-state index in [0.29, 0.717) is 6.54 Å². The molecule has 0 saturated carbocycles. The Morgan fingerprint density at radius 2 is 2.00 bits per heavy atom. The number of carbonyl (C=O) groups excluding carboxylic acids is 1. The van der Waals surface area contributed by atoms with E-state index in [1.165, 1.54) is 12.8 Å². The van der Waals surface area contributed by atoms with E-state index in [1.807, 2.05) is 36.4 Å². The molecule has 1 fully saturated rings. The van der Waals surface area contributed by atoms with E-state index in [9.17, 15) is 4.79 Å². The van der Waals surface area contributed by atoms with Crippen molar-refractivity contribution < 1.29 is 4.79 Å². The number of nitrogens with one attached hydrogen (secondary N) is 3. The molecule has 5 nitrogen and oxygen atoms in total. The van der Waals surface area contributed by atoms with Crippen molar-refractivity contribution in [1.82, 2.24) is 20.9 Å². The molecular formula is C21H27BrN4O. The Labute approximate surface area is 169 Å². The zero-order valence-electron chi connectivity index (χ0n) is 15.5. The number of hydrogen-bond acceptors (Lipinski definition) is 4. The molecule has 1 atom stereocenters. The van der Waals surface area contributed by atoms with Crippen molar-refractivity contribution in [3.05, 3.63) is 64.4 Å². The summed E-state index contributed by atoms with van der Waals surface area (Å²) in [6.07, 6.45) is 7.02. The summed E-state index contributed by atoms with van der Waals surface area (Å²) in [6.45, 7) is 3.55. The van der Waals surface area contributed by atoms with Gasteiger partial charge in [0.2, 0.25) is 5.91 Å². The molecule has 2 heterocycles. The van der Waals surface area contributed by atoms with Crippen molar-refractivity contribution in [2.75, 3.05) is 19.6 Å². The number of halogens is 1. The fourth-order valence-corrected chi connectivity index (χ4v) is 3.86. The molecule has 0 radical (unpaired) electrons. The van der Waals surface area contributed by atoms with Gasteiger partial charge in [-0.1, -0.05) is 28.1 Å². The minimum atomic E-state index is -0.356. The lowest BCUT2D eigenvalue weighted by atomic mass is 9.94. The first kappa shape index (κ1) is 20.0. The number of carbonyl (C=O) groups is 1. The lowest BCUT2D eigenvalue weighted by molar-refractivity contribution is -0.123. The van der Waals surface area contributed by atoms with Crippen LogP contribution in [0.15, 0.2) is 53.3 Å². The summed E-state index contributed by atoms with van der Waals surface area (Å²) in [4.78, 5) is 16.9. The minimum absolute atomic E-state index is 0.00442. The van der Waals surface area contributed by atoms with E-state index in [0.717, 1.165) is 47.6 Å². The molecule has 3 N–H and O–H groups in total. The molecule has 1 aromatic heterocycles. The van der Waals surface area contributed by atoms with Crippen molar-refractivity contribution in [1.29, 1.82) is 0 Å². The van der Waals surface area contributed by atoms with Gasteiger partial charge in [-0.25, -0.2) is 0 Å². The van der Waals surface area contributed by atoms with E-state index in [1.54, 1.807) is 12.4 Å². The fraction of sp³-hybridized carbons (Fsp3) is 0.429. The monoisotopic (exact) mass is 430 g/mol. The summed E-state index contributed by atoms with van der Waals surface area (Å²) in [5.74, 6) is 0.733. The Kier molecular flexibility index (Phi) is 7.80. The van der Waals surface area contributed by atoms with Crippen LogP contribution in [0.2, 0.25) is 0 Å². The van der Waals surface area contributed by atoms with Crippen molar-refractivity contribution in [3.63, 3.8) is 0 Å². The maximum atomic E-state index is 12.9. The first-order valence-corrected chi connectivity index (χ1v) is 10.4. The number of pyridine rings is 1. The predicted octanol–water partition coefficient (Wildman–Crippen LogP) is 3.18. The second-order valence-electron chi connectivity index (χ2n) is 7.00. The number of rotatable bonds is 8. The van der Waals surface area contributed by atoms with Crippen LogP contribution in [0, 0.1) is 5.92 Å². The van der Waals surface area contributed by atoms with Crippen LogP contribution in [0.5, 0.6) is 0 Å². The van der Waals surface area contributed by atoms with Crippen LogP contribution in [0.25, 0.3) is 0 Å². The quantitative estimate of drug-likeness (QED) is 0.601. The van der Waals surface area contributed by atoms with E-state index in [-0.39, 0.29) is 11.9 Å². The van der Waals surface area contributed by atoms with Gasteiger partial charge in [-0.15, -0.1) is 0 Å². The summed E-state index contributed by atoms with van der Waals surface area (Å²) < 4.78 is 0.979. The normalized spacial score (nSPS) is 16.0. The highest BCUT2D eigenvalue weighted by Gasteiger charge is 2.21. The molecule has 1 aliphatic rings. The Morgan fingerprint density at radius 1 is 1.22 bits per heavy atom. The fourth-order valence-electron chi connectivity index (χ4n) is 3.44. The highest BCUT2D eigenvalue weighted by molar-refractivity contribution is 9.10. The van der Waals surface area contributed by atoms with E-state index in [2.05, 4.69) is 36.9 Å². The maximum absolute atomic E-state index is 12.9. The molecule has 0 bridgehead atoms. The maximum Gasteiger partial charge on any atom is 0.242 e. The first-order valence-electron chi connectivity index (χ1n) is 9.58. The SMILES string of the molecule is O=C(NCc1ccncc1)C(NCCC1CCNCC1)c1cccc(Br)c1. The van der Waals surface area contributed by atoms with E-state index < -0.39 is 0 Å². The molecule has 3 rings (SSSR count). The average molecular weight is 431 g/mol. The molecule has 27 heavy (non-hydrogen) atoms. The molecule has 1 unspecified atom stereocenters. The lowest BCUT2D eigenvalue weighted by Gasteiger charge is -2.24. The Hall–Kier alpha value is -1.76. The summed E-state index contributed by atoms with van der Waals surface area (Å²) in [7, 11) is 0. The summed E-state index contributed by atoms with van der Waals surface area (Å²) in [6, 6.07) is 11.4. The van der Waals surface area contributed by atoms with Gasteiger partial charge in [-0.3, -0.25) is 9.78 Å². The third kappa shape index (κ3) is 6.41. The van der Waals surface area contributed by atoms with Gasteiger partial charge in [0, 0.05) is 23.4 Å². The van der Waals surface area contributed by atoms with Crippen molar-refractivity contribution in [2.45, 2.75) is 31.8 Å². The molecule has 1 saturated heterocycles. The molecule has 1 aromatic carbocycles. The molecule has 144 valence electrons. The zero-order valence-corrected chi connectivity index (χ0v) is 17.0. The average Bonchev–Trinajstić information content (AvgIpc) is 2.71. The molecule has 1 amide bonds. The van der Waals surface area contributed by atoms with Gasteiger partial charge < -0.3 is 16.0 Å². The second-order valence-corrected chi connectivity index (χ2v) is 7.91. The van der Waals surface area contributed by atoms with Gasteiger partial charge in [-0.2, -0.15) is 0 Å². The number of piperidine rings is 1. The van der Waals surface area contributed by atoms with Gasteiger partial charge in [-0.05, 0) is 80.2 Å². The van der Waals surface area contributed by atoms with Gasteiger partial charge in [0.25, 0.3) is 0 Å². The summed E-state index contributed by atoms with van der Waals surface area (Å²) >= 11 is 3.51. The molecule has 1 aliphatic heterocycles. The minimum Gasteiger partial charge on any atom is -0.350 e. The number of aromatic nitrogens is 1. The first-order chi connectivity index (χ1) is 13.2. The van der Waals surface area contributed by atoms with Crippen LogP contribution >= 0.6 is 15.9 Å². The van der Waals surface area contributed by atoms with Crippen molar-refractivity contribution in [3.8, 4) is 0 Å². The van der Waals surface area contributed by atoms with Crippen LogP contribution < -0.4 is 16.0 Å². The second kappa shape index (κ2) is 10.5. The third-order valence-electron chi connectivity index (χ3n) is 5.02. The summed E-state index contributed by atoms with van der Waals surface area (Å²) in [5.41, 5.74) is 2.02. The largest absolute Gasteiger partial charge is 0.350 e. The highest BCUT2D eigenvalue weighted by atomic mass is 79.9. The van der Waals surface area contributed by atoms with Gasteiger partial charge in [0.15, 0.2) is 0 Å². The number of amides is 1. The van der Waals surface area contributed by atoms with Gasteiger partial charge >= 0.3 is 0 Å². The Bertz CT molecular complexity index is 719. The number of benzene rings is 1. The van der Waals surface area contributed by atoms with Crippen molar-refractivity contribution >= 4 is 21.8 Å². The molecule has 0 aliphatic carbocycles. The summed E-state index contributed by atoms with van der Waals surface area (Å²) in [5, 5.41) is 9.93. The van der Waals surface area contributed by atoms with Crippen LogP contribution in [0.1, 0.15) is 36.4 Å². The van der Waals surface area contributed by atoms with Gasteiger partial charge in [0.05, 0.1) is 0 Å². The Balaban J connectivity index is 1.60. The number of hydrogen-bond donors (Lipinski definition) is 3. The molecule has 6 heteroatoms. The van der Waals surface area contributed by atoms with Crippen LogP contribution in [0.3, 0.4) is 0 Å². The predicted molar refractivity (Wildman–Crippen MR) is 111 cm³/mol. The standard InChI is InChI=1S/C21H27BrN4O/c22-19-3-1-2-18(14-19)20(25-13-8-16-4-9-23-10-5-16)21(27)26-15-17-6-11-24-12-7-17/h1-3,6-7,11-12,14,16,20,23,25H,4-5,8-10,13,15H2,(H,26,27). The molecule has 2 aromatic rings. The zero-order chi connectivity index (χ0) is 18.9. The van der Waals surface area contributed by atoms with E-state index in [4.69, 9.17) is 0 Å². The lowest BCUT2D eigenvalue weighted by Crippen LogP contribution is -2.38.